The maximum absolute atomic E-state index is 12.7. The van der Waals surface area contributed by atoms with Crippen LogP contribution < -0.4 is 0 Å². The number of nitrogens with zero attached hydrogens (tertiary/aromatic N) is 1. The molecule has 0 saturated carbocycles. The van der Waals surface area contributed by atoms with Crippen LogP contribution in [0.3, 0.4) is 0 Å². The fourth-order valence-corrected chi connectivity index (χ4v) is 2.34. The van der Waals surface area contributed by atoms with Gasteiger partial charge in [-0.2, -0.15) is 0 Å². The number of likely N-dealkylation sites (N-methyl/N-ethyl adjacent to an activating group) is 1. The van der Waals surface area contributed by atoms with Crippen molar-refractivity contribution in [3.05, 3.63) is 77.4 Å². The Morgan fingerprint density at radius 1 is 1.12 bits per heavy atom. The van der Waals surface area contributed by atoms with E-state index < -0.39 is 5.60 Å². The van der Waals surface area contributed by atoms with E-state index in [1.54, 1.807) is 43.0 Å². The minimum atomic E-state index is -1.03. The van der Waals surface area contributed by atoms with E-state index in [2.05, 4.69) is 11.8 Å². The molecule has 3 nitrogen and oxygen atoms in total. The second-order valence-electron chi connectivity index (χ2n) is 6.54. The number of aliphatic hydroxyl groups is 1. The Labute approximate surface area is 156 Å². The van der Waals surface area contributed by atoms with Gasteiger partial charge in [-0.1, -0.05) is 54.3 Å². The molecule has 0 spiro atoms. The lowest BCUT2D eigenvalue weighted by atomic mass is 10.1. The molecule has 2 aromatic carbocycles. The van der Waals surface area contributed by atoms with Gasteiger partial charge >= 0.3 is 0 Å². The Bertz CT molecular complexity index is 803. The maximum Gasteiger partial charge on any atom is 0.254 e. The van der Waals surface area contributed by atoms with Gasteiger partial charge in [0.1, 0.15) is 5.60 Å². The highest BCUT2D eigenvalue weighted by atomic mass is 16.3. The van der Waals surface area contributed by atoms with Gasteiger partial charge < -0.3 is 10.0 Å². The van der Waals surface area contributed by atoms with E-state index in [1.165, 1.54) is 0 Å². The Hall–Kier alpha value is -2.83. The summed E-state index contributed by atoms with van der Waals surface area (Å²) in [6.45, 7) is 6.44. The molecular weight excluding hydrogens is 322 g/mol. The van der Waals surface area contributed by atoms with Crippen LogP contribution in [0.5, 0.6) is 0 Å². The summed E-state index contributed by atoms with van der Waals surface area (Å²) in [5.74, 6) is 5.67. The first-order chi connectivity index (χ1) is 12.4. The molecule has 1 amide bonds. The molecule has 3 heteroatoms. The van der Waals surface area contributed by atoms with E-state index in [-0.39, 0.29) is 5.91 Å². The summed E-state index contributed by atoms with van der Waals surface area (Å²) in [4.78, 5) is 14.5. The van der Waals surface area contributed by atoms with Gasteiger partial charge in [-0.05, 0) is 50.6 Å². The number of carbonyl (C=O) groups excluding carboxylic acids is 1. The Morgan fingerprint density at radius 3 is 2.35 bits per heavy atom. The van der Waals surface area contributed by atoms with Crippen LogP contribution in [0, 0.1) is 11.8 Å². The second-order valence-corrected chi connectivity index (χ2v) is 6.54. The lowest BCUT2D eigenvalue weighted by Crippen LogP contribution is -2.30. The average Bonchev–Trinajstić information content (AvgIpc) is 2.64. The van der Waals surface area contributed by atoms with Crippen molar-refractivity contribution in [3.63, 3.8) is 0 Å². The minimum Gasteiger partial charge on any atom is -0.378 e. The molecule has 0 saturated heterocycles. The number of amides is 1. The monoisotopic (exact) mass is 347 g/mol. The van der Waals surface area contributed by atoms with Crippen LogP contribution in [-0.2, 0) is 0 Å². The van der Waals surface area contributed by atoms with Crippen molar-refractivity contribution in [2.45, 2.75) is 26.4 Å². The van der Waals surface area contributed by atoms with E-state index in [1.807, 2.05) is 49.4 Å². The third kappa shape index (κ3) is 6.23. The lowest BCUT2D eigenvalue weighted by Gasteiger charge is -2.19. The van der Waals surface area contributed by atoms with Crippen LogP contribution in [0.15, 0.2) is 60.7 Å². The van der Waals surface area contributed by atoms with E-state index in [4.69, 9.17) is 0 Å². The molecule has 0 atom stereocenters. The highest BCUT2D eigenvalue weighted by molar-refractivity contribution is 5.94. The molecule has 0 bridgehead atoms. The molecule has 0 heterocycles. The number of hydrogen-bond acceptors (Lipinski definition) is 2. The highest BCUT2D eigenvalue weighted by Gasteiger charge is 2.12. The van der Waals surface area contributed by atoms with Crippen LogP contribution in [0.25, 0.3) is 6.08 Å². The Kier molecular flexibility index (Phi) is 6.77. The molecule has 2 aromatic rings. The number of carbonyl (C=O) groups is 1. The zero-order valence-corrected chi connectivity index (χ0v) is 15.6. The van der Waals surface area contributed by atoms with Crippen molar-refractivity contribution in [3.8, 4) is 11.8 Å². The molecule has 2 rings (SSSR count). The third-order valence-corrected chi connectivity index (χ3v) is 3.75. The maximum atomic E-state index is 12.7. The normalized spacial score (nSPS) is 11.1. The quantitative estimate of drug-likeness (QED) is 0.831. The lowest BCUT2D eigenvalue weighted by molar-refractivity contribution is 0.0782. The summed E-state index contributed by atoms with van der Waals surface area (Å²) in [5.41, 5.74) is 1.49. The van der Waals surface area contributed by atoms with Crippen LogP contribution in [0.1, 0.15) is 42.3 Å². The van der Waals surface area contributed by atoms with Gasteiger partial charge in [0.25, 0.3) is 5.91 Å². The largest absolute Gasteiger partial charge is 0.378 e. The first kappa shape index (κ1) is 19.5. The summed E-state index contributed by atoms with van der Waals surface area (Å²) in [5, 5.41) is 9.65. The molecule has 0 aromatic heterocycles. The van der Waals surface area contributed by atoms with Crippen molar-refractivity contribution in [2.75, 3.05) is 13.1 Å². The third-order valence-electron chi connectivity index (χ3n) is 3.75. The van der Waals surface area contributed by atoms with Crippen LogP contribution >= 0.6 is 0 Å². The second kappa shape index (κ2) is 9.03. The number of hydrogen-bond donors (Lipinski definition) is 1. The van der Waals surface area contributed by atoms with Gasteiger partial charge in [0.05, 0.1) is 0 Å². The number of benzene rings is 2. The molecule has 0 aliphatic rings. The predicted octanol–water partition coefficient (Wildman–Crippen LogP) is 3.98. The summed E-state index contributed by atoms with van der Waals surface area (Å²) in [6.07, 6.45) is 4.02. The predicted molar refractivity (Wildman–Crippen MR) is 107 cm³/mol. The zero-order valence-electron chi connectivity index (χ0n) is 15.6. The van der Waals surface area contributed by atoms with Gasteiger partial charge in [0.2, 0.25) is 0 Å². The first-order valence-corrected chi connectivity index (χ1v) is 8.75. The molecule has 0 aliphatic heterocycles. The summed E-state index contributed by atoms with van der Waals surface area (Å²) in [6, 6.07) is 17.2. The highest BCUT2D eigenvalue weighted by Crippen LogP contribution is 2.09. The first-order valence-electron chi connectivity index (χ1n) is 8.75. The molecule has 0 radical (unpaired) electrons. The summed E-state index contributed by atoms with van der Waals surface area (Å²) in [7, 11) is 0. The SMILES string of the molecule is CCN(C/C=C/c1ccccc1)C(=O)c1ccc(C#CC(C)(C)O)cc1. The standard InChI is InChI=1S/C23H25NO2/c1-4-24(18-8-11-19-9-6-5-7-10-19)22(25)21-14-12-20(13-15-21)16-17-23(2,3)26/h5-15,26H,4,18H2,1-3H3/b11-8+. The molecule has 0 unspecified atom stereocenters. The van der Waals surface area contributed by atoms with Gasteiger partial charge in [0, 0.05) is 24.2 Å². The van der Waals surface area contributed by atoms with E-state index in [0.29, 0.717) is 18.7 Å². The van der Waals surface area contributed by atoms with Crippen LogP contribution in [0.2, 0.25) is 0 Å². The van der Waals surface area contributed by atoms with Gasteiger partial charge in [0.15, 0.2) is 0 Å². The van der Waals surface area contributed by atoms with Gasteiger partial charge in [-0.25, -0.2) is 0 Å². The zero-order chi connectivity index (χ0) is 19.0. The molecule has 0 fully saturated rings. The Balaban J connectivity index is 2.03. The fourth-order valence-electron chi connectivity index (χ4n) is 2.34. The fraction of sp³-hybridized carbons (Fsp3) is 0.261. The van der Waals surface area contributed by atoms with E-state index in [0.717, 1.165) is 11.1 Å². The van der Waals surface area contributed by atoms with Crippen LogP contribution in [-0.4, -0.2) is 34.6 Å². The van der Waals surface area contributed by atoms with Gasteiger partial charge in [-0.15, -0.1) is 0 Å². The Morgan fingerprint density at radius 2 is 1.77 bits per heavy atom. The smallest absolute Gasteiger partial charge is 0.254 e. The van der Waals surface area contributed by atoms with E-state index in [9.17, 15) is 9.90 Å². The summed E-state index contributed by atoms with van der Waals surface area (Å²) >= 11 is 0. The van der Waals surface area contributed by atoms with Crippen LogP contribution in [0.4, 0.5) is 0 Å². The average molecular weight is 347 g/mol. The summed E-state index contributed by atoms with van der Waals surface area (Å²) < 4.78 is 0. The topological polar surface area (TPSA) is 40.5 Å². The van der Waals surface area contributed by atoms with Crippen molar-refractivity contribution < 1.29 is 9.90 Å². The van der Waals surface area contributed by atoms with Crippen molar-refractivity contribution in [1.29, 1.82) is 0 Å². The van der Waals surface area contributed by atoms with Crippen molar-refractivity contribution in [1.82, 2.24) is 4.90 Å². The van der Waals surface area contributed by atoms with Crippen molar-refractivity contribution in [2.24, 2.45) is 0 Å². The van der Waals surface area contributed by atoms with Gasteiger partial charge in [-0.3, -0.25) is 4.79 Å². The van der Waals surface area contributed by atoms with Crippen molar-refractivity contribution >= 4 is 12.0 Å². The molecule has 1 N–H and O–H groups in total. The number of rotatable bonds is 5. The minimum absolute atomic E-state index is 0.00721. The molecule has 26 heavy (non-hydrogen) atoms. The molecule has 134 valence electrons. The molecular formula is C23H25NO2. The molecule has 0 aliphatic carbocycles. The van der Waals surface area contributed by atoms with E-state index >= 15 is 0 Å².